The van der Waals surface area contributed by atoms with Gasteiger partial charge in [0, 0.05) is 28.4 Å². The topological polar surface area (TPSA) is 32.3 Å². The number of aromatic hydroxyl groups is 1. The van der Waals surface area contributed by atoms with Gasteiger partial charge in [-0.1, -0.05) is 15.9 Å². The lowest BCUT2D eigenvalue weighted by atomic mass is 10.1. The Hall–Kier alpha value is -0.190. The van der Waals surface area contributed by atoms with Crippen molar-refractivity contribution in [3.8, 4) is 5.75 Å². The second-order valence-corrected chi connectivity index (χ2v) is 6.13. The van der Waals surface area contributed by atoms with Gasteiger partial charge in [0.2, 0.25) is 0 Å². The van der Waals surface area contributed by atoms with Gasteiger partial charge in [0.25, 0.3) is 0 Å². The van der Waals surface area contributed by atoms with Gasteiger partial charge in [0.15, 0.2) is 0 Å². The summed E-state index contributed by atoms with van der Waals surface area (Å²) in [7, 11) is 0. The lowest BCUT2D eigenvalue weighted by Crippen LogP contribution is -2.33. The maximum Gasteiger partial charge on any atom is 0.120 e. The van der Waals surface area contributed by atoms with Gasteiger partial charge in [-0.15, -0.1) is 0 Å². The minimum Gasteiger partial charge on any atom is -0.508 e. The van der Waals surface area contributed by atoms with Gasteiger partial charge in [-0.3, -0.25) is 0 Å². The van der Waals surface area contributed by atoms with Crippen LogP contribution in [0.1, 0.15) is 18.4 Å². The van der Waals surface area contributed by atoms with Gasteiger partial charge >= 0.3 is 0 Å². The third-order valence-corrected chi connectivity index (χ3v) is 4.49. The molecule has 1 aliphatic rings. The van der Waals surface area contributed by atoms with E-state index in [0.29, 0.717) is 11.8 Å². The first-order chi connectivity index (χ1) is 7.75. The second-order valence-electron chi connectivity index (χ2n) is 4.07. The van der Waals surface area contributed by atoms with E-state index in [1.54, 1.807) is 6.07 Å². The maximum atomic E-state index is 9.70. The normalized spacial score (nSPS) is 20.9. The van der Waals surface area contributed by atoms with Crippen LogP contribution in [0.15, 0.2) is 22.7 Å². The van der Waals surface area contributed by atoms with E-state index >= 15 is 0 Å². The molecule has 0 bridgehead atoms. The van der Waals surface area contributed by atoms with Crippen LogP contribution in [0.2, 0.25) is 0 Å². The molecule has 4 heteroatoms. The first-order valence-electron chi connectivity index (χ1n) is 5.54. The zero-order chi connectivity index (χ0) is 11.4. The summed E-state index contributed by atoms with van der Waals surface area (Å²) in [5.74, 6) is 2.86. The fourth-order valence-electron chi connectivity index (χ4n) is 1.85. The molecule has 88 valence electrons. The van der Waals surface area contributed by atoms with Gasteiger partial charge < -0.3 is 10.4 Å². The van der Waals surface area contributed by atoms with Gasteiger partial charge in [-0.25, -0.2) is 0 Å². The fourth-order valence-corrected chi connectivity index (χ4v) is 3.37. The largest absolute Gasteiger partial charge is 0.508 e. The molecule has 1 aliphatic heterocycles. The highest BCUT2D eigenvalue weighted by Gasteiger charge is 2.13. The lowest BCUT2D eigenvalue weighted by molar-refractivity contribution is 0.454. The Bertz CT molecular complexity index is 353. The monoisotopic (exact) mass is 301 g/mol. The van der Waals surface area contributed by atoms with Crippen LogP contribution in [-0.2, 0) is 6.54 Å². The van der Waals surface area contributed by atoms with Crippen LogP contribution >= 0.6 is 27.7 Å². The summed E-state index contributed by atoms with van der Waals surface area (Å²) in [6.45, 7) is 0.747. The highest BCUT2D eigenvalue weighted by Crippen LogP contribution is 2.23. The molecule has 0 spiro atoms. The Morgan fingerprint density at radius 3 is 3.12 bits per heavy atom. The summed E-state index contributed by atoms with van der Waals surface area (Å²) < 4.78 is 1.01. The predicted octanol–water partition coefficient (Wildman–Crippen LogP) is 3.14. The van der Waals surface area contributed by atoms with Crippen molar-refractivity contribution in [2.75, 3.05) is 11.5 Å². The molecule has 0 saturated carbocycles. The highest BCUT2D eigenvalue weighted by molar-refractivity contribution is 9.10. The smallest absolute Gasteiger partial charge is 0.120 e. The first-order valence-corrected chi connectivity index (χ1v) is 7.49. The van der Waals surface area contributed by atoms with Crippen LogP contribution in [-0.4, -0.2) is 22.7 Å². The molecule has 1 fully saturated rings. The number of phenols is 1. The fraction of sp³-hybridized carbons (Fsp3) is 0.500. The third-order valence-electron chi connectivity index (χ3n) is 2.78. The third kappa shape index (κ3) is 3.40. The Labute approximate surface area is 109 Å². The number of phenolic OH excluding ortho intramolecular Hbond substituents is 1. The van der Waals surface area contributed by atoms with Crippen LogP contribution in [0.3, 0.4) is 0 Å². The number of hydrogen-bond donors (Lipinski definition) is 2. The molecule has 1 saturated heterocycles. The lowest BCUT2D eigenvalue weighted by Gasteiger charge is -2.22. The van der Waals surface area contributed by atoms with Gasteiger partial charge in [-0.2, -0.15) is 11.8 Å². The predicted molar refractivity (Wildman–Crippen MR) is 73.0 cm³/mol. The van der Waals surface area contributed by atoms with E-state index < -0.39 is 0 Å². The van der Waals surface area contributed by atoms with Crippen molar-refractivity contribution in [1.82, 2.24) is 5.32 Å². The molecule has 2 N–H and O–H groups in total. The molecule has 0 aromatic heterocycles. The summed E-state index contributed by atoms with van der Waals surface area (Å²) >= 11 is 5.43. The number of rotatable bonds is 3. The quantitative estimate of drug-likeness (QED) is 0.899. The molecule has 0 amide bonds. The Kier molecular flexibility index (Phi) is 4.55. The molecule has 1 aromatic rings. The minimum atomic E-state index is 0.374. The van der Waals surface area contributed by atoms with Crippen LogP contribution < -0.4 is 5.32 Å². The maximum absolute atomic E-state index is 9.70. The number of halogens is 1. The van der Waals surface area contributed by atoms with E-state index in [1.165, 1.54) is 24.3 Å². The van der Waals surface area contributed by atoms with Gasteiger partial charge in [0.1, 0.15) is 5.75 Å². The molecule has 2 rings (SSSR count). The summed E-state index contributed by atoms with van der Waals surface area (Å²) in [4.78, 5) is 0. The van der Waals surface area contributed by atoms with Crippen molar-refractivity contribution in [1.29, 1.82) is 0 Å². The SMILES string of the molecule is Oc1ccc(Br)cc1CNC1CCCSC1. The van der Waals surface area contributed by atoms with E-state index in [1.807, 2.05) is 23.9 Å². The van der Waals surface area contributed by atoms with Crippen LogP contribution in [0.4, 0.5) is 0 Å². The van der Waals surface area contributed by atoms with Crippen molar-refractivity contribution in [2.24, 2.45) is 0 Å². The molecular weight excluding hydrogens is 286 g/mol. The Morgan fingerprint density at radius 1 is 1.50 bits per heavy atom. The zero-order valence-corrected chi connectivity index (χ0v) is 11.5. The molecule has 1 unspecified atom stereocenters. The van der Waals surface area contributed by atoms with Gasteiger partial charge in [0.05, 0.1) is 0 Å². The van der Waals surface area contributed by atoms with Crippen molar-refractivity contribution < 1.29 is 5.11 Å². The van der Waals surface area contributed by atoms with Gasteiger partial charge in [-0.05, 0) is 36.8 Å². The summed E-state index contributed by atoms with van der Waals surface area (Å²) in [6.07, 6.45) is 2.55. The minimum absolute atomic E-state index is 0.374. The second kappa shape index (κ2) is 5.94. The number of benzene rings is 1. The van der Waals surface area contributed by atoms with Crippen LogP contribution in [0, 0.1) is 0 Å². The molecular formula is C12H16BrNOS. The van der Waals surface area contributed by atoms with E-state index in [0.717, 1.165) is 16.6 Å². The average Bonchev–Trinajstić information content (AvgIpc) is 2.32. The number of hydrogen-bond acceptors (Lipinski definition) is 3. The Morgan fingerprint density at radius 2 is 2.38 bits per heavy atom. The van der Waals surface area contributed by atoms with Crippen molar-refractivity contribution in [3.63, 3.8) is 0 Å². The van der Waals surface area contributed by atoms with Crippen molar-refractivity contribution in [3.05, 3.63) is 28.2 Å². The Balaban J connectivity index is 1.90. The van der Waals surface area contributed by atoms with Crippen molar-refractivity contribution >= 4 is 27.7 Å². The van der Waals surface area contributed by atoms with E-state index in [4.69, 9.17) is 0 Å². The molecule has 1 atom stereocenters. The summed E-state index contributed by atoms with van der Waals surface area (Å²) in [5, 5.41) is 13.2. The molecule has 0 aliphatic carbocycles. The average molecular weight is 302 g/mol. The van der Waals surface area contributed by atoms with Crippen molar-refractivity contribution in [2.45, 2.75) is 25.4 Å². The van der Waals surface area contributed by atoms with Crippen LogP contribution in [0.25, 0.3) is 0 Å². The number of thioether (sulfide) groups is 1. The van der Waals surface area contributed by atoms with E-state index in [-0.39, 0.29) is 0 Å². The standard InChI is InChI=1S/C12H16BrNOS/c13-10-3-4-12(15)9(6-10)7-14-11-2-1-5-16-8-11/h3-4,6,11,14-15H,1-2,5,7-8H2. The molecule has 1 heterocycles. The molecule has 0 radical (unpaired) electrons. The number of nitrogens with one attached hydrogen (secondary N) is 1. The van der Waals surface area contributed by atoms with E-state index in [9.17, 15) is 5.11 Å². The van der Waals surface area contributed by atoms with E-state index in [2.05, 4.69) is 21.2 Å². The summed E-state index contributed by atoms with van der Waals surface area (Å²) in [6, 6.07) is 6.15. The van der Waals surface area contributed by atoms with Crippen LogP contribution in [0.5, 0.6) is 5.75 Å². The molecule has 1 aromatic carbocycles. The highest BCUT2D eigenvalue weighted by atomic mass is 79.9. The summed E-state index contributed by atoms with van der Waals surface area (Å²) in [5.41, 5.74) is 0.963. The first kappa shape index (κ1) is 12.3. The molecule has 2 nitrogen and oxygen atoms in total. The molecule has 16 heavy (non-hydrogen) atoms. The zero-order valence-electron chi connectivity index (χ0n) is 9.08.